The number of amides is 1. The van der Waals surface area contributed by atoms with Crippen LogP contribution in [0.1, 0.15) is 16.7 Å². The zero-order valence-electron chi connectivity index (χ0n) is 20.2. The Kier molecular flexibility index (Phi) is 9.57. The number of anilines is 1. The molecule has 0 spiro atoms. The van der Waals surface area contributed by atoms with E-state index in [0.29, 0.717) is 23.6 Å². The predicted octanol–water partition coefficient (Wildman–Crippen LogP) is 3.59. The van der Waals surface area contributed by atoms with Crippen LogP contribution in [0.4, 0.5) is 5.69 Å². The van der Waals surface area contributed by atoms with Crippen LogP contribution in [0.3, 0.4) is 0 Å². The maximum absolute atomic E-state index is 13.4. The van der Waals surface area contributed by atoms with Gasteiger partial charge < -0.3 is 16.4 Å². The lowest BCUT2D eigenvalue weighted by Crippen LogP contribution is -2.34. The summed E-state index contributed by atoms with van der Waals surface area (Å²) in [4.78, 5) is 30.7. The molecule has 0 aliphatic heterocycles. The molecule has 4 aromatic rings. The van der Waals surface area contributed by atoms with Crippen LogP contribution in [0.2, 0.25) is 0 Å². The Labute approximate surface area is 221 Å². The average Bonchev–Trinajstić information content (AvgIpc) is 2.91. The van der Waals surface area contributed by atoms with Crippen LogP contribution in [0.25, 0.3) is 11.4 Å². The van der Waals surface area contributed by atoms with Crippen molar-refractivity contribution in [1.29, 1.82) is 5.41 Å². The smallest absolute Gasteiger partial charge is 0.277 e. The van der Waals surface area contributed by atoms with Gasteiger partial charge in [0.2, 0.25) is 5.91 Å². The molecule has 0 fully saturated rings. The van der Waals surface area contributed by atoms with Gasteiger partial charge in [0.15, 0.2) is 0 Å². The molecular formula is C28H29ClN6O2. The van der Waals surface area contributed by atoms with Crippen LogP contribution in [0.5, 0.6) is 0 Å². The number of carbonyl (C=O) groups excluding carboxylic acids is 1. The summed E-state index contributed by atoms with van der Waals surface area (Å²) in [6, 6.07) is 26.4. The van der Waals surface area contributed by atoms with Gasteiger partial charge in [-0.3, -0.25) is 19.6 Å². The highest BCUT2D eigenvalue weighted by Gasteiger charge is 2.15. The summed E-state index contributed by atoms with van der Waals surface area (Å²) in [6.45, 7) is 0.679. The van der Waals surface area contributed by atoms with Gasteiger partial charge >= 0.3 is 0 Å². The third-order valence-corrected chi connectivity index (χ3v) is 5.71. The van der Waals surface area contributed by atoms with Crippen LogP contribution in [0.15, 0.2) is 95.9 Å². The van der Waals surface area contributed by atoms with Crippen molar-refractivity contribution in [2.45, 2.75) is 19.5 Å². The highest BCUT2D eigenvalue weighted by molar-refractivity contribution is 5.94. The number of hydrogen-bond donors (Lipinski definition) is 4. The first-order valence-corrected chi connectivity index (χ1v) is 11.6. The number of halogens is 1. The summed E-state index contributed by atoms with van der Waals surface area (Å²) in [5.41, 5.74) is 8.92. The number of nitrogen functional groups attached to an aromatic ring is 1. The Balaban J connectivity index is 0.00000380. The molecule has 0 aliphatic rings. The molecule has 8 nitrogen and oxygen atoms in total. The van der Waals surface area contributed by atoms with Gasteiger partial charge in [0.1, 0.15) is 23.9 Å². The largest absolute Gasteiger partial charge is 0.384 e. The second-order valence-electron chi connectivity index (χ2n) is 8.30. The predicted molar refractivity (Wildman–Crippen MR) is 149 cm³/mol. The van der Waals surface area contributed by atoms with Gasteiger partial charge in [-0.1, -0.05) is 84.9 Å². The summed E-state index contributed by atoms with van der Waals surface area (Å²) in [5, 5.41) is 13.5. The van der Waals surface area contributed by atoms with Crippen molar-refractivity contribution in [2.75, 3.05) is 11.9 Å². The van der Waals surface area contributed by atoms with Gasteiger partial charge in [-0.05, 0) is 17.5 Å². The lowest BCUT2D eigenvalue weighted by molar-refractivity contribution is -0.121. The molecule has 4 rings (SSSR count). The maximum Gasteiger partial charge on any atom is 0.277 e. The number of nitrogens with zero attached hydrogens (tertiary/aromatic N) is 2. The third-order valence-electron chi connectivity index (χ3n) is 5.71. The fraction of sp³-hybridized carbons (Fsp3) is 0.143. The molecule has 0 saturated carbocycles. The highest BCUT2D eigenvalue weighted by Crippen LogP contribution is 2.16. The number of amidine groups is 1. The molecule has 37 heavy (non-hydrogen) atoms. The minimum absolute atomic E-state index is 0. The van der Waals surface area contributed by atoms with Crippen molar-refractivity contribution in [3.8, 4) is 11.4 Å². The Morgan fingerprint density at radius 3 is 2.22 bits per heavy atom. The normalized spacial score (nSPS) is 10.3. The number of nitrogens with one attached hydrogen (secondary N) is 3. The summed E-state index contributed by atoms with van der Waals surface area (Å²) in [6.07, 6.45) is 2.28. The molecule has 0 unspecified atom stereocenters. The minimum Gasteiger partial charge on any atom is -0.384 e. The van der Waals surface area contributed by atoms with Gasteiger partial charge in [-0.25, -0.2) is 4.98 Å². The van der Waals surface area contributed by atoms with E-state index in [1.54, 1.807) is 24.3 Å². The van der Waals surface area contributed by atoms with Crippen LogP contribution in [-0.4, -0.2) is 27.8 Å². The molecule has 0 radical (unpaired) electrons. The maximum atomic E-state index is 13.4. The molecule has 0 aliphatic carbocycles. The third kappa shape index (κ3) is 7.28. The van der Waals surface area contributed by atoms with Crippen LogP contribution < -0.4 is 21.9 Å². The molecular weight excluding hydrogens is 488 g/mol. The van der Waals surface area contributed by atoms with E-state index in [-0.39, 0.29) is 42.8 Å². The Morgan fingerprint density at radius 2 is 1.57 bits per heavy atom. The average molecular weight is 517 g/mol. The number of carbonyl (C=O) groups is 1. The van der Waals surface area contributed by atoms with Crippen molar-refractivity contribution >= 4 is 29.8 Å². The second kappa shape index (κ2) is 13.0. The number of rotatable bonds is 10. The highest BCUT2D eigenvalue weighted by atomic mass is 35.5. The number of hydrogen-bond acceptors (Lipinski definition) is 5. The number of aromatic nitrogens is 2. The second-order valence-corrected chi connectivity index (χ2v) is 8.30. The van der Waals surface area contributed by atoms with Gasteiger partial charge in [0, 0.05) is 24.2 Å². The van der Waals surface area contributed by atoms with Crippen LogP contribution >= 0.6 is 12.4 Å². The molecule has 190 valence electrons. The lowest BCUT2D eigenvalue weighted by atomic mass is 10.1. The Bertz CT molecular complexity index is 1390. The molecule has 0 atom stereocenters. The van der Waals surface area contributed by atoms with Crippen molar-refractivity contribution in [2.24, 2.45) is 5.73 Å². The zero-order valence-corrected chi connectivity index (χ0v) is 21.0. The first-order valence-electron chi connectivity index (χ1n) is 11.6. The van der Waals surface area contributed by atoms with Gasteiger partial charge in [-0.15, -0.1) is 12.4 Å². The van der Waals surface area contributed by atoms with E-state index in [9.17, 15) is 9.59 Å². The number of nitrogens with two attached hydrogens (primary N) is 1. The fourth-order valence-electron chi connectivity index (χ4n) is 3.77. The molecule has 3 aromatic carbocycles. The SMILES string of the molecule is Cl.N=C(N)c1ccc(CNC(=O)Cn2c(-c3ccccc3)ncc(NCCc3ccccc3)c2=O)cc1. The molecule has 0 saturated heterocycles. The topological polar surface area (TPSA) is 126 Å². The molecule has 1 heterocycles. The zero-order chi connectivity index (χ0) is 25.3. The van der Waals surface area contributed by atoms with Crippen molar-refractivity contribution in [3.05, 3.63) is 118 Å². The molecule has 0 bridgehead atoms. The van der Waals surface area contributed by atoms with E-state index in [1.165, 1.54) is 10.8 Å². The summed E-state index contributed by atoms with van der Waals surface area (Å²) < 4.78 is 1.40. The van der Waals surface area contributed by atoms with E-state index in [2.05, 4.69) is 15.6 Å². The summed E-state index contributed by atoms with van der Waals surface area (Å²) in [7, 11) is 0. The minimum atomic E-state index is -0.312. The Morgan fingerprint density at radius 1 is 0.919 bits per heavy atom. The monoisotopic (exact) mass is 516 g/mol. The Hall–Kier alpha value is -4.43. The van der Waals surface area contributed by atoms with Crippen LogP contribution in [0, 0.1) is 5.41 Å². The van der Waals surface area contributed by atoms with E-state index in [0.717, 1.165) is 23.1 Å². The van der Waals surface area contributed by atoms with E-state index < -0.39 is 0 Å². The molecule has 1 aromatic heterocycles. The van der Waals surface area contributed by atoms with Crippen LogP contribution in [-0.2, 0) is 24.3 Å². The standard InChI is InChI=1S/C28H28N6O2.ClH/c29-26(30)22-13-11-21(12-14-22)17-32-25(35)19-34-27(23-9-5-2-6-10-23)33-18-24(28(34)36)31-16-15-20-7-3-1-4-8-20;/h1-14,18,31H,15-17,19H2,(H3,29,30)(H,32,35);1H. The lowest BCUT2D eigenvalue weighted by Gasteiger charge is -2.15. The van der Waals surface area contributed by atoms with Crippen molar-refractivity contribution in [1.82, 2.24) is 14.9 Å². The molecule has 5 N–H and O–H groups in total. The van der Waals surface area contributed by atoms with Crippen molar-refractivity contribution < 1.29 is 4.79 Å². The fourth-order valence-corrected chi connectivity index (χ4v) is 3.77. The quantitative estimate of drug-likeness (QED) is 0.189. The van der Waals surface area contributed by atoms with Crippen molar-refractivity contribution in [3.63, 3.8) is 0 Å². The first kappa shape index (κ1) is 27.2. The van der Waals surface area contributed by atoms with E-state index >= 15 is 0 Å². The van der Waals surface area contributed by atoms with Gasteiger partial charge in [0.25, 0.3) is 5.56 Å². The van der Waals surface area contributed by atoms with Gasteiger partial charge in [0.05, 0.1) is 6.20 Å². The first-order chi connectivity index (χ1) is 17.5. The van der Waals surface area contributed by atoms with Gasteiger partial charge in [-0.2, -0.15) is 0 Å². The summed E-state index contributed by atoms with van der Waals surface area (Å²) >= 11 is 0. The summed E-state index contributed by atoms with van der Waals surface area (Å²) in [5.74, 6) is 0.103. The van der Waals surface area contributed by atoms with E-state index in [1.807, 2.05) is 60.7 Å². The number of benzene rings is 3. The molecule has 1 amide bonds. The van der Waals surface area contributed by atoms with E-state index in [4.69, 9.17) is 11.1 Å². The molecule has 9 heteroatoms.